The van der Waals surface area contributed by atoms with E-state index in [0.29, 0.717) is 6.04 Å². The predicted molar refractivity (Wildman–Crippen MR) is 62.6 cm³/mol. The molecule has 0 aliphatic heterocycles. The summed E-state index contributed by atoms with van der Waals surface area (Å²) >= 11 is 0. The third-order valence-electron chi connectivity index (χ3n) is 2.93. The van der Waals surface area contributed by atoms with E-state index in [2.05, 4.69) is 5.10 Å². The number of hydrogen-bond acceptors (Lipinski definition) is 3. The van der Waals surface area contributed by atoms with Gasteiger partial charge >= 0.3 is 0 Å². The number of nitro groups is 1. The molecule has 0 radical (unpaired) electrons. The molecule has 0 spiro atoms. The predicted octanol–water partition coefficient (Wildman–Crippen LogP) is 2.79. The van der Waals surface area contributed by atoms with Crippen LogP contribution in [0.5, 0.6) is 0 Å². The third kappa shape index (κ3) is 1.91. The van der Waals surface area contributed by atoms with E-state index < -0.39 is 4.92 Å². The van der Waals surface area contributed by atoms with Crippen LogP contribution >= 0.6 is 0 Å². The summed E-state index contributed by atoms with van der Waals surface area (Å²) in [6.07, 6.45) is 6.20. The second-order valence-corrected chi connectivity index (χ2v) is 4.24. The van der Waals surface area contributed by atoms with Crippen molar-refractivity contribution in [2.75, 3.05) is 0 Å². The molecular weight excluding hydrogens is 218 g/mol. The van der Waals surface area contributed by atoms with Crippen molar-refractivity contribution >= 4 is 5.69 Å². The van der Waals surface area contributed by atoms with Crippen LogP contribution in [0, 0.1) is 10.1 Å². The highest BCUT2D eigenvalue weighted by Crippen LogP contribution is 2.35. The molecule has 1 aliphatic rings. The number of non-ortho nitro benzene ring substituents is 1. The van der Waals surface area contributed by atoms with E-state index in [9.17, 15) is 10.1 Å². The summed E-state index contributed by atoms with van der Waals surface area (Å²) in [4.78, 5) is 10.1. The maximum absolute atomic E-state index is 10.5. The summed E-state index contributed by atoms with van der Waals surface area (Å²) in [7, 11) is 0. The molecule has 0 amide bonds. The number of nitro benzene ring substituents is 1. The van der Waals surface area contributed by atoms with Gasteiger partial charge in [0.2, 0.25) is 0 Å². The molecule has 17 heavy (non-hydrogen) atoms. The number of aromatic nitrogens is 2. The smallest absolute Gasteiger partial charge is 0.269 e. The molecule has 1 saturated carbocycles. The highest BCUT2D eigenvalue weighted by Gasteiger charge is 2.24. The normalized spacial score (nSPS) is 14.8. The molecule has 3 rings (SSSR count). The number of rotatable bonds is 3. The van der Waals surface area contributed by atoms with Crippen LogP contribution in [0.1, 0.15) is 18.9 Å². The summed E-state index contributed by atoms with van der Waals surface area (Å²) in [6.45, 7) is 0. The SMILES string of the molecule is O=[N+]([O-])c1ccc(-c2cnn(C3CC3)c2)cc1. The van der Waals surface area contributed by atoms with Gasteiger partial charge in [-0.15, -0.1) is 0 Å². The zero-order chi connectivity index (χ0) is 11.8. The number of nitrogens with zero attached hydrogens (tertiary/aromatic N) is 3. The highest BCUT2D eigenvalue weighted by molar-refractivity contribution is 5.63. The zero-order valence-electron chi connectivity index (χ0n) is 9.11. The van der Waals surface area contributed by atoms with Crippen LogP contribution < -0.4 is 0 Å². The van der Waals surface area contributed by atoms with E-state index >= 15 is 0 Å². The van der Waals surface area contributed by atoms with E-state index in [1.165, 1.54) is 25.0 Å². The number of benzene rings is 1. The fraction of sp³-hybridized carbons (Fsp3) is 0.250. The first-order valence-electron chi connectivity index (χ1n) is 5.53. The first kappa shape index (κ1) is 10.0. The summed E-state index contributed by atoms with van der Waals surface area (Å²) in [5, 5.41) is 14.8. The minimum atomic E-state index is -0.391. The van der Waals surface area contributed by atoms with Gasteiger partial charge in [0.1, 0.15) is 0 Å². The van der Waals surface area contributed by atoms with Gasteiger partial charge < -0.3 is 0 Å². The Hall–Kier alpha value is -2.17. The van der Waals surface area contributed by atoms with Crippen LogP contribution in [-0.2, 0) is 0 Å². The minimum Gasteiger partial charge on any atom is -0.269 e. The summed E-state index contributed by atoms with van der Waals surface area (Å²) < 4.78 is 1.97. The molecule has 0 bridgehead atoms. The maximum atomic E-state index is 10.5. The molecule has 0 N–H and O–H groups in total. The van der Waals surface area contributed by atoms with Crippen molar-refractivity contribution in [3.05, 3.63) is 46.8 Å². The molecule has 1 fully saturated rings. The van der Waals surface area contributed by atoms with Gasteiger partial charge in [-0.1, -0.05) is 0 Å². The first-order chi connectivity index (χ1) is 8.24. The summed E-state index contributed by atoms with van der Waals surface area (Å²) in [6, 6.07) is 7.11. The molecule has 0 saturated heterocycles. The Morgan fingerprint density at radius 3 is 2.53 bits per heavy atom. The lowest BCUT2D eigenvalue weighted by molar-refractivity contribution is -0.384. The molecule has 1 heterocycles. The fourth-order valence-electron chi connectivity index (χ4n) is 1.80. The lowest BCUT2D eigenvalue weighted by Gasteiger charge is -1.97. The minimum absolute atomic E-state index is 0.114. The van der Waals surface area contributed by atoms with Crippen molar-refractivity contribution in [1.29, 1.82) is 0 Å². The molecule has 1 aromatic heterocycles. The molecule has 1 aliphatic carbocycles. The molecular formula is C12H11N3O2. The van der Waals surface area contributed by atoms with E-state index in [-0.39, 0.29) is 5.69 Å². The molecule has 5 heteroatoms. The Kier molecular flexibility index (Phi) is 2.18. The Labute approximate surface area is 97.8 Å². The Morgan fingerprint density at radius 1 is 1.24 bits per heavy atom. The Bertz CT molecular complexity index is 555. The van der Waals surface area contributed by atoms with Gasteiger partial charge in [0.05, 0.1) is 17.2 Å². The van der Waals surface area contributed by atoms with Gasteiger partial charge in [0.15, 0.2) is 0 Å². The molecule has 2 aromatic rings. The van der Waals surface area contributed by atoms with Gasteiger partial charge in [-0.05, 0) is 30.5 Å². The van der Waals surface area contributed by atoms with Crippen LogP contribution in [0.25, 0.3) is 11.1 Å². The second kappa shape index (κ2) is 3.69. The lowest BCUT2D eigenvalue weighted by Crippen LogP contribution is -1.91. The van der Waals surface area contributed by atoms with Crippen molar-refractivity contribution in [3.8, 4) is 11.1 Å². The first-order valence-corrected chi connectivity index (χ1v) is 5.53. The van der Waals surface area contributed by atoms with Crippen LogP contribution in [0.2, 0.25) is 0 Å². The van der Waals surface area contributed by atoms with Gasteiger partial charge in [-0.2, -0.15) is 5.10 Å². The van der Waals surface area contributed by atoms with Crippen LogP contribution in [-0.4, -0.2) is 14.7 Å². The van der Waals surface area contributed by atoms with Gasteiger partial charge in [-0.3, -0.25) is 14.8 Å². The summed E-state index contributed by atoms with van der Waals surface area (Å²) in [5.74, 6) is 0. The standard InChI is InChI=1S/C12H11N3O2/c16-15(17)12-3-1-9(2-4-12)10-7-13-14(8-10)11-5-6-11/h1-4,7-8,11H,5-6H2. The van der Waals surface area contributed by atoms with Crippen LogP contribution in [0.15, 0.2) is 36.7 Å². The van der Waals surface area contributed by atoms with Gasteiger partial charge in [0.25, 0.3) is 5.69 Å². The lowest BCUT2D eigenvalue weighted by atomic mass is 10.1. The number of hydrogen-bond donors (Lipinski definition) is 0. The van der Waals surface area contributed by atoms with Crippen molar-refractivity contribution in [2.24, 2.45) is 0 Å². The Morgan fingerprint density at radius 2 is 1.94 bits per heavy atom. The van der Waals surface area contributed by atoms with E-state index in [4.69, 9.17) is 0 Å². The van der Waals surface area contributed by atoms with Crippen molar-refractivity contribution in [2.45, 2.75) is 18.9 Å². The van der Waals surface area contributed by atoms with Gasteiger partial charge in [0, 0.05) is 23.9 Å². The van der Waals surface area contributed by atoms with E-state index in [0.717, 1.165) is 11.1 Å². The molecule has 0 unspecified atom stereocenters. The fourth-order valence-corrected chi connectivity index (χ4v) is 1.80. The second-order valence-electron chi connectivity index (χ2n) is 4.24. The average molecular weight is 229 g/mol. The van der Waals surface area contributed by atoms with Crippen molar-refractivity contribution in [3.63, 3.8) is 0 Å². The van der Waals surface area contributed by atoms with E-state index in [1.54, 1.807) is 18.3 Å². The molecule has 1 aromatic carbocycles. The topological polar surface area (TPSA) is 61.0 Å². The van der Waals surface area contributed by atoms with Gasteiger partial charge in [-0.25, -0.2) is 0 Å². The Balaban J connectivity index is 1.89. The van der Waals surface area contributed by atoms with E-state index in [1.807, 2.05) is 10.9 Å². The highest BCUT2D eigenvalue weighted by atomic mass is 16.6. The molecule has 86 valence electrons. The largest absolute Gasteiger partial charge is 0.269 e. The maximum Gasteiger partial charge on any atom is 0.269 e. The van der Waals surface area contributed by atoms with Crippen molar-refractivity contribution in [1.82, 2.24) is 9.78 Å². The summed E-state index contributed by atoms with van der Waals surface area (Å²) in [5.41, 5.74) is 2.08. The average Bonchev–Trinajstić information content (AvgIpc) is 3.07. The van der Waals surface area contributed by atoms with Crippen LogP contribution in [0.4, 0.5) is 5.69 Å². The molecule has 0 atom stereocenters. The zero-order valence-corrected chi connectivity index (χ0v) is 9.11. The van der Waals surface area contributed by atoms with Crippen LogP contribution in [0.3, 0.4) is 0 Å². The monoisotopic (exact) mass is 229 g/mol. The quantitative estimate of drug-likeness (QED) is 0.600. The van der Waals surface area contributed by atoms with Crippen molar-refractivity contribution < 1.29 is 4.92 Å². The third-order valence-corrected chi connectivity index (χ3v) is 2.93. The molecule has 5 nitrogen and oxygen atoms in total.